The minimum atomic E-state index is -0.230. The van der Waals surface area contributed by atoms with E-state index in [-0.39, 0.29) is 25.1 Å². The molecule has 0 aliphatic rings. The SMILES string of the molecule is O=[N+]([O-])c1c2ccccc2c(-c2cccc3[se]c4c(-c5c6ccccc6c(-c6ccccc6)c6ccccc56)cccc4c23)c2ccccc12. The average molecular weight is 705 g/mol. The van der Waals surface area contributed by atoms with Crippen LogP contribution in [0.4, 0.5) is 5.69 Å². The molecule has 0 amide bonds. The standard InChI is InChI=1S/C46H27NO2Se/c48-47(49)45-35-22-10-8-20-33(35)42(34-21-9-11-23-36(34)45)37-24-13-27-40-44(37)39-26-12-25-38(46(39)50-40)43-31-18-6-4-16-29(31)41(28-14-2-1-3-15-28)30-17-5-7-19-32(30)43/h1-27H. The first-order valence-corrected chi connectivity index (χ1v) is 18.4. The topological polar surface area (TPSA) is 43.1 Å². The van der Waals surface area contributed by atoms with E-state index in [1.54, 1.807) is 0 Å². The van der Waals surface area contributed by atoms with Crippen molar-refractivity contribution in [2.24, 2.45) is 0 Å². The number of hydrogen-bond acceptors (Lipinski definition) is 2. The molecule has 1 aromatic heterocycles. The van der Waals surface area contributed by atoms with Crippen LogP contribution in [0.1, 0.15) is 0 Å². The quantitative estimate of drug-likeness (QED) is 0.0792. The van der Waals surface area contributed by atoms with Crippen molar-refractivity contribution in [3.05, 3.63) is 174 Å². The Balaban J connectivity index is 1.33. The Morgan fingerprint density at radius 1 is 0.400 bits per heavy atom. The molecule has 0 spiro atoms. The first-order chi connectivity index (χ1) is 24.7. The Labute approximate surface area is 293 Å². The van der Waals surface area contributed by atoms with Crippen LogP contribution in [-0.4, -0.2) is 19.4 Å². The number of nitrogens with zero attached hydrogens (tertiary/aromatic N) is 1. The van der Waals surface area contributed by atoms with E-state index in [4.69, 9.17) is 0 Å². The number of fused-ring (bicyclic) bond motifs is 7. The number of benzene rings is 9. The van der Waals surface area contributed by atoms with E-state index < -0.39 is 0 Å². The zero-order valence-electron chi connectivity index (χ0n) is 26.8. The molecule has 1 heterocycles. The number of rotatable bonds is 4. The summed E-state index contributed by atoms with van der Waals surface area (Å²) in [5, 5.41) is 23.1. The van der Waals surface area contributed by atoms with E-state index in [1.165, 1.54) is 63.1 Å². The number of nitro groups is 1. The summed E-state index contributed by atoms with van der Waals surface area (Å²) in [5.41, 5.74) is 7.37. The van der Waals surface area contributed by atoms with Crippen LogP contribution in [0.15, 0.2) is 164 Å². The Kier molecular flexibility index (Phi) is 6.50. The molecule has 0 saturated carbocycles. The molecule has 0 saturated heterocycles. The summed E-state index contributed by atoms with van der Waals surface area (Å²) >= 11 is 0.0456. The van der Waals surface area contributed by atoms with Crippen molar-refractivity contribution in [3.63, 3.8) is 0 Å². The van der Waals surface area contributed by atoms with E-state index in [1.807, 2.05) is 48.5 Å². The van der Waals surface area contributed by atoms with Gasteiger partial charge in [-0.05, 0) is 0 Å². The van der Waals surface area contributed by atoms with Crippen molar-refractivity contribution >= 4 is 82.6 Å². The molecule has 4 heteroatoms. The fourth-order valence-electron chi connectivity index (χ4n) is 8.18. The summed E-state index contributed by atoms with van der Waals surface area (Å²) < 4.78 is 2.71. The number of hydrogen-bond donors (Lipinski definition) is 0. The van der Waals surface area contributed by atoms with Crippen LogP contribution in [0.2, 0.25) is 0 Å². The third kappa shape index (κ3) is 4.16. The zero-order valence-corrected chi connectivity index (χ0v) is 28.5. The van der Waals surface area contributed by atoms with E-state index in [9.17, 15) is 10.1 Å². The molecule has 10 aromatic rings. The second-order valence-electron chi connectivity index (χ2n) is 12.7. The van der Waals surface area contributed by atoms with Gasteiger partial charge >= 0.3 is 295 Å². The van der Waals surface area contributed by atoms with Gasteiger partial charge in [0.15, 0.2) is 0 Å². The maximum atomic E-state index is 12.5. The summed E-state index contributed by atoms with van der Waals surface area (Å²) in [6.07, 6.45) is 0. The van der Waals surface area contributed by atoms with Gasteiger partial charge in [-0.1, -0.05) is 0 Å². The number of non-ortho nitro benzene ring substituents is 1. The molecule has 0 atom stereocenters. The second kappa shape index (κ2) is 11.2. The molecular formula is C46H27NO2Se. The van der Waals surface area contributed by atoms with Crippen LogP contribution in [-0.2, 0) is 0 Å². The van der Waals surface area contributed by atoms with Crippen molar-refractivity contribution in [1.82, 2.24) is 0 Å². The molecule has 0 unspecified atom stereocenters. The number of nitro benzene ring substituents is 1. The molecule has 0 aliphatic heterocycles. The molecule has 0 aliphatic carbocycles. The molecule has 0 fully saturated rings. The van der Waals surface area contributed by atoms with Crippen molar-refractivity contribution in [2.75, 3.05) is 0 Å². The van der Waals surface area contributed by atoms with E-state index in [2.05, 4.69) is 115 Å². The van der Waals surface area contributed by atoms with Gasteiger partial charge in [-0.3, -0.25) is 0 Å². The Morgan fingerprint density at radius 3 is 1.38 bits per heavy atom. The average Bonchev–Trinajstić information content (AvgIpc) is 3.56. The third-order valence-electron chi connectivity index (χ3n) is 10.1. The van der Waals surface area contributed by atoms with Crippen LogP contribution in [0.25, 0.3) is 95.8 Å². The van der Waals surface area contributed by atoms with Crippen LogP contribution < -0.4 is 0 Å². The van der Waals surface area contributed by atoms with Gasteiger partial charge in [0.25, 0.3) is 0 Å². The Hall–Kier alpha value is -6.06. The van der Waals surface area contributed by atoms with E-state index in [0.717, 1.165) is 21.9 Å². The summed E-state index contributed by atoms with van der Waals surface area (Å²) in [4.78, 5) is 12.3. The van der Waals surface area contributed by atoms with Gasteiger partial charge in [0.05, 0.1) is 0 Å². The van der Waals surface area contributed by atoms with Crippen molar-refractivity contribution < 1.29 is 4.92 Å². The predicted molar refractivity (Wildman–Crippen MR) is 211 cm³/mol. The molecule has 50 heavy (non-hydrogen) atoms. The van der Waals surface area contributed by atoms with Crippen LogP contribution in [0.5, 0.6) is 0 Å². The summed E-state index contributed by atoms with van der Waals surface area (Å²) in [6, 6.07) is 57.4. The van der Waals surface area contributed by atoms with Gasteiger partial charge in [-0.2, -0.15) is 0 Å². The first-order valence-electron chi connectivity index (χ1n) is 16.7. The molecular weight excluding hydrogens is 677 g/mol. The van der Waals surface area contributed by atoms with Crippen LogP contribution >= 0.6 is 0 Å². The molecule has 0 bridgehead atoms. The molecule has 234 valence electrons. The predicted octanol–water partition coefficient (Wildman–Crippen LogP) is 12.6. The van der Waals surface area contributed by atoms with E-state index >= 15 is 0 Å². The fourth-order valence-corrected chi connectivity index (χ4v) is 10.8. The van der Waals surface area contributed by atoms with Gasteiger partial charge in [-0.25, -0.2) is 0 Å². The summed E-state index contributed by atoms with van der Waals surface area (Å²) in [7, 11) is 0. The first kappa shape index (κ1) is 28.9. The van der Waals surface area contributed by atoms with Gasteiger partial charge in [0.1, 0.15) is 0 Å². The van der Waals surface area contributed by atoms with Crippen molar-refractivity contribution in [2.45, 2.75) is 0 Å². The van der Waals surface area contributed by atoms with Gasteiger partial charge in [0.2, 0.25) is 0 Å². The summed E-state index contributed by atoms with van der Waals surface area (Å²) in [5.74, 6) is 0. The monoisotopic (exact) mass is 705 g/mol. The second-order valence-corrected chi connectivity index (χ2v) is 14.9. The van der Waals surface area contributed by atoms with Gasteiger partial charge in [0, 0.05) is 0 Å². The van der Waals surface area contributed by atoms with Gasteiger partial charge in [-0.15, -0.1) is 0 Å². The van der Waals surface area contributed by atoms with Crippen molar-refractivity contribution in [3.8, 4) is 33.4 Å². The summed E-state index contributed by atoms with van der Waals surface area (Å²) in [6.45, 7) is 0. The molecule has 10 rings (SSSR count). The van der Waals surface area contributed by atoms with Gasteiger partial charge < -0.3 is 0 Å². The normalized spacial score (nSPS) is 11.8. The van der Waals surface area contributed by atoms with Crippen LogP contribution in [0, 0.1) is 10.1 Å². The molecule has 0 N–H and O–H groups in total. The maximum absolute atomic E-state index is 12.5. The fraction of sp³-hybridized carbons (Fsp3) is 0. The van der Waals surface area contributed by atoms with Crippen LogP contribution in [0.3, 0.4) is 0 Å². The molecule has 3 nitrogen and oxygen atoms in total. The molecule has 9 aromatic carbocycles. The zero-order chi connectivity index (χ0) is 33.3. The Bertz CT molecular complexity index is 2900. The Morgan fingerprint density at radius 2 is 0.820 bits per heavy atom. The third-order valence-corrected chi connectivity index (χ3v) is 12.7. The van der Waals surface area contributed by atoms with Crippen molar-refractivity contribution in [1.29, 1.82) is 0 Å². The minimum absolute atomic E-state index is 0.0456. The van der Waals surface area contributed by atoms with E-state index in [0.29, 0.717) is 10.8 Å². The molecule has 0 radical (unpaired) electrons.